The van der Waals surface area contributed by atoms with Crippen molar-refractivity contribution in [3.05, 3.63) is 42.5 Å². The number of nitrogens with two attached hydrogens (primary N) is 1. The number of fused-ring (bicyclic) bond motifs is 1. The van der Waals surface area contributed by atoms with Crippen LogP contribution in [-0.2, 0) is 11.3 Å². The summed E-state index contributed by atoms with van der Waals surface area (Å²) in [7, 11) is 0. The zero-order valence-corrected chi connectivity index (χ0v) is 13.6. The third kappa shape index (κ3) is 3.18. The monoisotopic (exact) mass is 334 g/mol. The number of nitrogens with one attached hydrogen (secondary N) is 1. The normalized spacial score (nSPS) is 16.6. The second-order valence-corrected chi connectivity index (χ2v) is 5.75. The minimum Gasteiger partial charge on any atom is -0.365 e. The van der Waals surface area contributed by atoms with Crippen molar-refractivity contribution < 1.29 is 4.74 Å². The highest BCUT2D eigenvalue weighted by atomic mass is 16.5. The van der Waals surface area contributed by atoms with E-state index in [1.807, 2.05) is 24.3 Å². The Bertz CT molecular complexity index is 949. The van der Waals surface area contributed by atoms with Crippen molar-refractivity contribution in [3.8, 4) is 12.0 Å². The SMILES string of the molecule is NCc1ccccc1Nc1ncnc2c1ncn2C#CC1CCCO1. The van der Waals surface area contributed by atoms with Crippen LogP contribution in [-0.4, -0.2) is 32.2 Å². The predicted molar refractivity (Wildman–Crippen MR) is 95.1 cm³/mol. The van der Waals surface area contributed by atoms with Gasteiger partial charge < -0.3 is 15.8 Å². The lowest BCUT2D eigenvalue weighted by Crippen LogP contribution is -2.03. The number of imidazole rings is 1. The number of benzene rings is 1. The van der Waals surface area contributed by atoms with E-state index >= 15 is 0 Å². The van der Waals surface area contributed by atoms with E-state index < -0.39 is 0 Å². The molecule has 0 radical (unpaired) electrons. The Balaban J connectivity index is 1.67. The van der Waals surface area contributed by atoms with Gasteiger partial charge in [-0.25, -0.2) is 19.5 Å². The van der Waals surface area contributed by atoms with Gasteiger partial charge in [-0.05, 0) is 30.4 Å². The molecule has 1 atom stereocenters. The molecule has 4 rings (SSSR count). The van der Waals surface area contributed by atoms with E-state index in [-0.39, 0.29) is 6.10 Å². The summed E-state index contributed by atoms with van der Waals surface area (Å²) in [5, 5.41) is 3.30. The molecule has 1 aromatic carbocycles. The summed E-state index contributed by atoms with van der Waals surface area (Å²) in [6, 6.07) is 10.9. The fourth-order valence-corrected chi connectivity index (χ4v) is 2.79. The maximum atomic E-state index is 5.80. The molecule has 7 nitrogen and oxygen atoms in total. The van der Waals surface area contributed by atoms with Crippen LogP contribution in [0, 0.1) is 12.0 Å². The first-order valence-corrected chi connectivity index (χ1v) is 8.21. The molecule has 1 fully saturated rings. The van der Waals surface area contributed by atoms with Crippen LogP contribution in [0.25, 0.3) is 11.2 Å². The highest BCUT2D eigenvalue weighted by molar-refractivity contribution is 5.86. The van der Waals surface area contributed by atoms with Crippen LogP contribution in [0.15, 0.2) is 36.9 Å². The van der Waals surface area contributed by atoms with E-state index in [9.17, 15) is 0 Å². The first-order chi connectivity index (χ1) is 12.3. The van der Waals surface area contributed by atoms with E-state index in [0.717, 1.165) is 30.7 Å². The summed E-state index contributed by atoms with van der Waals surface area (Å²) in [6.45, 7) is 1.22. The van der Waals surface area contributed by atoms with Crippen LogP contribution in [0.4, 0.5) is 11.5 Å². The molecular formula is C18H18N6O. The average molecular weight is 334 g/mol. The molecule has 0 bridgehead atoms. The summed E-state index contributed by atoms with van der Waals surface area (Å²) >= 11 is 0. The highest BCUT2D eigenvalue weighted by Gasteiger charge is 2.13. The Hall–Kier alpha value is -2.95. The van der Waals surface area contributed by atoms with Gasteiger partial charge in [0, 0.05) is 24.9 Å². The van der Waals surface area contributed by atoms with Gasteiger partial charge in [-0.3, -0.25) is 0 Å². The van der Waals surface area contributed by atoms with Crippen molar-refractivity contribution >= 4 is 22.7 Å². The lowest BCUT2D eigenvalue weighted by atomic mass is 10.2. The smallest absolute Gasteiger partial charge is 0.177 e. The molecule has 0 aliphatic carbocycles. The first kappa shape index (κ1) is 15.6. The van der Waals surface area contributed by atoms with Crippen molar-refractivity contribution in [1.82, 2.24) is 19.5 Å². The zero-order valence-electron chi connectivity index (χ0n) is 13.6. The van der Waals surface area contributed by atoms with Crippen LogP contribution in [0.2, 0.25) is 0 Å². The van der Waals surface area contributed by atoms with Gasteiger partial charge in [0.2, 0.25) is 0 Å². The molecule has 1 aliphatic heterocycles. The van der Waals surface area contributed by atoms with E-state index in [1.165, 1.54) is 6.33 Å². The number of aromatic nitrogens is 4. The van der Waals surface area contributed by atoms with Gasteiger partial charge in [0.05, 0.1) is 0 Å². The van der Waals surface area contributed by atoms with Gasteiger partial charge in [0.25, 0.3) is 0 Å². The molecule has 3 N–H and O–H groups in total. The second kappa shape index (κ2) is 6.89. The maximum Gasteiger partial charge on any atom is 0.177 e. The van der Waals surface area contributed by atoms with Gasteiger partial charge in [-0.15, -0.1) is 0 Å². The molecule has 0 saturated carbocycles. The molecule has 1 aliphatic rings. The maximum absolute atomic E-state index is 5.80. The lowest BCUT2D eigenvalue weighted by molar-refractivity contribution is 0.152. The number of hydrogen-bond donors (Lipinski definition) is 2. The van der Waals surface area contributed by atoms with Crippen LogP contribution >= 0.6 is 0 Å². The summed E-state index contributed by atoms with van der Waals surface area (Å²) < 4.78 is 7.23. The van der Waals surface area contributed by atoms with E-state index in [2.05, 4.69) is 32.2 Å². The summed E-state index contributed by atoms with van der Waals surface area (Å²) in [5.41, 5.74) is 9.03. The minimum absolute atomic E-state index is 0.00619. The first-order valence-electron chi connectivity index (χ1n) is 8.21. The van der Waals surface area contributed by atoms with E-state index in [4.69, 9.17) is 10.5 Å². The third-order valence-corrected chi connectivity index (χ3v) is 4.10. The number of nitrogens with zero attached hydrogens (tertiary/aromatic N) is 4. The summed E-state index contributed by atoms with van der Waals surface area (Å²) in [4.78, 5) is 13.0. The Labute approximate surface area is 145 Å². The van der Waals surface area contributed by atoms with Gasteiger partial charge in [-0.2, -0.15) is 0 Å². The van der Waals surface area contributed by atoms with Crippen molar-refractivity contribution in [1.29, 1.82) is 0 Å². The molecule has 3 aromatic rings. The molecule has 126 valence electrons. The van der Waals surface area contributed by atoms with Crippen LogP contribution in [0.1, 0.15) is 18.4 Å². The predicted octanol–water partition coefficient (Wildman–Crippen LogP) is 2.02. The molecule has 0 spiro atoms. The van der Waals surface area contributed by atoms with Gasteiger partial charge >= 0.3 is 0 Å². The molecule has 7 heteroatoms. The number of rotatable bonds is 3. The Morgan fingerprint density at radius 3 is 3.04 bits per heavy atom. The quantitative estimate of drug-likeness (QED) is 0.712. The van der Waals surface area contributed by atoms with Crippen molar-refractivity contribution in [2.75, 3.05) is 11.9 Å². The number of para-hydroxylation sites is 1. The summed E-state index contributed by atoms with van der Waals surface area (Å²) in [5.74, 6) is 3.75. The van der Waals surface area contributed by atoms with Crippen molar-refractivity contribution in [2.24, 2.45) is 5.73 Å². The number of anilines is 2. The molecule has 25 heavy (non-hydrogen) atoms. The Morgan fingerprint density at radius 2 is 2.20 bits per heavy atom. The van der Waals surface area contributed by atoms with Crippen LogP contribution in [0.5, 0.6) is 0 Å². The van der Waals surface area contributed by atoms with Gasteiger partial charge in [-0.1, -0.05) is 18.2 Å². The molecule has 1 unspecified atom stereocenters. The van der Waals surface area contributed by atoms with Crippen LogP contribution < -0.4 is 11.1 Å². The fourth-order valence-electron chi connectivity index (χ4n) is 2.79. The Kier molecular flexibility index (Phi) is 4.29. The second-order valence-electron chi connectivity index (χ2n) is 5.75. The standard InChI is InChI=1S/C18H18N6O/c19-10-13-4-1-2-6-15(13)23-17-16-18(21-11-20-17)24(12-22-16)8-7-14-5-3-9-25-14/h1-2,4,6,11-12,14H,3,5,9-10,19H2,(H,20,21,23). The van der Waals surface area contributed by atoms with Gasteiger partial charge in [0.15, 0.2) is 17.0 Å². The fraction of sp³-hybridized carbons (Fsp3) is 0.278. The lowest BCUT2D eigenvalue weighted by Gasteiger charge is -2.09. The molecule has 1 saturated heterocycles. The summed E-state index contributed by atoms with van der Waals surface area (Å²) in [6.07, 6.45) is 5.18. The minimum atomic E-state index is -0.00619. The van der Waals surface area contributed by atoms with Crippen LogP contribution in [0.3, 0.4) is 0 Å². The molecule has 0 amide bonds. The number of ether oxygens (including phenoxy) is 1. The van der Waals surface area contributed by atoms with E-state index in [0.29, 0.717) is 23.5 Å². The van der Waals surface area contributed by atoms with Crippen molar-refractivity contribution in [2.45, 2.75) is 25.5 Å². The molecular weight excluding hydrogens is 316 g/mol. The van der Waals surface area contributed by atoms with Gasteiger partial charge in [0.1, 0.15) is 18.8 Å². The number of hydrogen-bond acceptors (Lipinski definition) is 6. The zero-order chi connectivity index (χ0) is 17.1. The Morgan fingerprint density at radius 1 is 1.28 bits per heavy atom. The largest absolute Gasteiger partial charge is 0.365 e. The van der Waals surface area contributed by atoms with Crippen molar-refractivity contribution in [3.63, 3.8) is 0 Å². The molecule has 2 aromatic heterocycles. The van der Waals surface area contributed by atoms with E-state index in [1.54, 1.807) is 10.9 Å². The third-order valence-electron chi connectivity index (χ3n) is 4.10. The topological polar surface area (TPSA) is 90.9 Å². The average Bonchev–Trinajstić information content (AvgIpc) is 3.30. The highest BCUT2D eigenvalue weighted by Crippen LogP contribution is 2.23. The molecule has 3 heterocycles.